The average molecular weight is 268 g/mol. The van der Waals surface area contributed by atoms with E-state index in [9.17, 15) is 4.79 Å². The van der Waals surface area contributed by atoms with Gasteiger partial charge >= 0.3 is 6.03 Å². The van der Waals surface area contributed by atoms with Crippen molar-refractivity contribution in [1.82, 2.24) is 15.1 Å². The zero-order valence-electron chi connectivity index (χ0n) is 11.9. The minimum absolute atomic E-state index is 0.00929. The first-order chi connectivity index (χ1) is 9.12. The van der Waals surface area contributed by atoms with Gasteiger partial charge in [0.05, 0.1) is 12.2 Å². The molecule has 6 heteroatoms. The molecule has 0 saturated carbocycles. The van der Waals surface area contributed by atoms with E-state index in [1.807, 2.05) is 6.92 Å². The third-order valence-corrected chi connectivity index (χ3v) is 3.23. The number of hydrogen-bond donors (Lipinski definition) is 3. The number of aromatic nitrogens is 2. The minimum Gasteiger partial charge on any atom is -0.396 e. The summed E-state index contributed by atoms with van der Waals surface area (Å²) in [5, 5.41) is 18.7. The number of nitrogens with zero attached hydrogens (tertiary/aromatic N) is 2. The first-order valence-corrected chi connectivity index (χ1v) is 6.84. The first kappa shape index (κ1) is 15.5. The van der Waals surface area contributed by atoms with Gasteiger partial charge in [0.15, 0.2) is 0 Å². The summed E-state index contributed by atoms with van der Waals surface area (Å²) in [5.41, 5.74) is 0. The molecule has 0 bridgehead atoms. The quantitative estimate of drug-likeness (QED) is 0.709. The Kier molecular flexibility index (Phi) is 6.35. The fraction of sp³-hybridized carbons (Fsp3) is 0.692. The third kappa shape index (κ3) is 4.55. The number of carbonyl (C=O) groups excluding carboxylic acids is 1. The van der Waals surface area contributed by atoms with Gasteiger partial charge in [0, 0.05) is 18.7 Å². The van der Waals surface area contributed by atoms with Gasteiger partial charge in [-0.25, -0.2) is 9.48 Å². The van der Waals surface area contributed by atoms with Crippen LogP contribution < -0.4 is 10.6 Å². The van der Waals surface area contributed by atoms with E-state index in [4.69, 9.17) is 5.11 Å². The second-order valence-corrected chi connectivity index (χ2v) is 4.63. The summed E-state index contributed by atoms with van der Waals surface area (Å²) in [4.78, 5) is 11.9. The highest BCUT2D eigenvalue weighted by atomic mass is 16.3. The molecular formula is C13H24N4O2. The Hall–Kier alpha value is -1.56. The molecule has 1 aromatic heterocycles. The van der Waals surface area contributed by atoms with Crippen molar-refractivity contribution in [2.75, 3.05) is 11.9 Å². The molecule has 0 aliphatic rings. The van der Waals surface area contributed by atoms with Crippen LogP contribution in [0.1, 0.15) is 46.1 Å². The van der Waals surface area contributed by atoms with Crippen molar-refractivity contribution >= 4 is 11.8 Å². The topological polar surface area (TPSA) is 79.2 Å². The van der Waals surface area contributed by atoms with Crippen LogP contribution >= 0.6 is 0 Å². The molecule has 108 valence electrons. The zero-order valence-corrected chi connectivity index (χ0v) is 11.9. The van der Waals surface area contributed by atoms with Crippen LogP contribution in [0.3, 0.4) is 0 Å². The van der Waals surface area contributed by atoms with Crippen LogP contribution in [0.4, 0.5) is 10.6 Å². The van der Waals surface area contributed by atoms with Gasteiger partial charge in [-0.05, 0) is 26.2 Å². The highest BCUT2D eigenvalue weighted by Crippen LogP contribution is 2.16. The summed E-state index contributed by atoms with van der Waals surface area (Å²) in [6.45, 7) is 6.18. The molecule has 0 aromatic carbocycles. The minimum atomic E-state index is -0.259. The van der Waals surface area contributed by atoms with Crippen molar-refractivity contribution in [2.24, 2.45) is 0 Å². The SMILES string of the molecule is CCC(CCO)NC(=O)Nc1ccnn1C(C)CC. The van der Waals surface area contributed by atoms with Crippen molar-refractivity contribution in [1.29, 1.82) is 0 Å². The van der Waals surface area contributed by atoms with Gasteiger partial charge in [0.1, 0.15) is 5.82 Å². The van der Waals surface area contributed by atoms with Gasteiger partial charge < -0.3 is 10.4 Å². The van der Waals surface area contributed by atoms with E-state index in [-0.39, 0.29) is 24.7 Å². The Morgan fingerprint density at radius 2 is 2.21 bits per heavy atom. The molecular weight excluding hydrogens is 244 g/mol. The monoisotopic (exact) mass is 268 g/mol. The number of nitrogens with one attached hydrogen (secondary N) is 2. The lowest BCUT2D eigenvalue weighted by atomic mass is 10.2. The molecule has 0 fully saturated rings. The third-order valence-electron chi connectivity index (χ3n) is 3.23. The second-order valence-electron chi connectivity index (χ2n) is 4.63. The molecule has 0 aliphatic heterocycles. The maximum Gasteiger partial charge on any atom is 0.320 e. The lowest BCUT2D eigenvalue weighted by Crippen LogP contribution is -2.38. The van der Waals surface area contributed by atoms with Crippen LogP contribution in [-0.4, -0.2) is 33.6 Å². The van der Waals surface area contributed by atoms with Crippen LogP contribution in [0.5, 0.6) is 0 Å². The molecule has 3 N–H and O–H groups in total. The largest absolute Gasteiger partial charge is 0.396 e. The average Bonchev–Trinajstić information content (AvgIpc) is 2.85. The molecule has 1 aromatic rings. The highest BCUT2D eigenvalue weighted by molar-refractivity contribution is 5.88. The molecule has 0 saturated heterocycles. The van der Waals surface area contributed by atoms with Crippen molar-refractivity contribution < 1.29 is 9.90 Å². The van der Waals surface area contributed by atoms with E-state index >= 15 is 0 Å². The highest BCUT2D eigenvalue weighted by Gasteiger charge is 2.13. The summed E-state index contributed by atoms with van der Waals surface area (Å²) in [7, 11) is 0. The number of urea groups is 1. The Bertz CT molecular complexity index is 392. The lowest BCUT2D eigenvalue weighted by Gasteiger charge is -2.18. The van der Waals surface area contributed by atoms with E-state index < -0.39 is 0 Å². The maximum absolute atomic E-state index is 11.9. The Morgan fingerprint density at radius 3 is 2.79 bits per heavy atom. The van der Waals surface area contributed by atoms with Gasteiger partial charge in [-0.2, -0.15) is 5.10 Å². The number of aliphatic hydroxyl groups excluding tert-OH is 1. The molecule has 6 nitrogen and oxygen atoms in total. The van der Waals surface area contributed by atoms with Crippen molar-refractivity contribution in [2.45, 2.75) is 52.1 Å². The first-order valence-electron chi connectivity index (χ1n) is 6.84. The van der Waals surface area contributed by atoms with E-state index in [0.717, 1.165) is 12.8 Å². The lowest BCUT2D eigenvalue weighted by molar-refractivity contribution is 0.237. The van der Waals surface area contributed by atoms with Crippen molar-refractivity contribution in [3.8, 4) is 0 Å². The maximum atomic E-state index is 11.9. The van der Waals surface area contributed by atoms with Crippen LogP contribution in [-0.2, 0) is 0 Å². The normalized spacial score (nSPS) is 13.9. The summed E-state index contributed by atoms with van der Waals surface area (Å²) in [6, 6.07) is 1.75. The molecule has 1 rings (SSSR count). The van der Waals surface area contributed by atoms with E-state index in [2.05, 4.69) is 29.6 Å². The fourth-order valence-electron chi connectivity index (χ4n) is 1.81. The molecule has 0 spiro atoms. The van der Waals surface area contributed by atoms with Crippen LogP contribution in [0.2, 0.25) is 0 Å². The Morgan fingerprint density at radius 1 is 1.47 bits per heavy atom. The molecule has 2 unspecified atom stereocenters. The number of amides is 2. The Labute approximate surface area is 114 Å². The van der Waals surface area contributed by atoms with Gasteiger partial charge in [-0.1, -0.05) is 13.8 Å². The van der Waals surface area contributed by atoms with E-state index in [1.54, 1.807) is 16.9 Å². The summed E-state index contributed by atoms with van der Waals surface area (Å²) in [5.74, 6) is 0.686. The van der Waals surface area contributed by atoms with Crippen LogP contribution in [0, 0.1) is 0 Å². The van der Waals surface area contributed by atoms with Gasteiger partial charge in [0.25, 0.3) is 0 Å². The summed E-state index contributed by atoms with van der Waals surface area (Å²) >= 11 is 0. The molecule has 0 aliphatic carbocycles. The van der Waals surface area contributed by atoms with E-state index in [1.165, 1.54) is 0 Å². The Balaban J connectivity index is 2.59. The van der Waals surface area contributed by atoms with Gasteiger partial charge in [-0.15, -0.1) is 0 Å². The molecule has 0 radical (unpaired) electrons. The zero-order chi connectivity index (χ0) is 14.3. The number of hydrogen-bond acceptors (Lipinski definition) is 3. The predicted molar refractivity (Wildman–Crippen MR) is 75.2 cm³/mol. The summed E-state index contributed by atoms with van der Waals surface area (Å²) in [6.07, 6.45) is 3.97. The molecule has 19 heavy (non-hydrogen) atoms. The molecule has 1 heterocycles. The fourth-order valence-corrected chi connectivity index (χ4v) is 1.81. The van der Waals surface area contributed by atoms with Gasteiger partial charge in [-0.3, -0.25) is 5.32 Å². The second kappa shape index (κ2) is 7.78. The van der Waals surface area contributed by atoms with E-state index in [0.29, 0.717) is 12.2 Å². The standard InChI is InChI=1S/C13H24N4O2/c1-4-10(3)17-12(6-8-14-17)16-13(19)15-11(5-2)7-9-18/h6,8,10-11,18H,4-5,7,9H2,1-3H3,(H2,15,16,19). The summed E-state index contributed by atoms with van der Waals surface area (Å²) < 4.78 is 1.80. The number of carbonyl (C=O) groups is 1. The number of rotatable bonds is 7. The number of aliphatic hydroxyl groups is 1. The van der Waals surface area contributed by atoms with Crippen LogP contribution in [0.15, 0.2) is 12.3 Å². The molecule has 2 amide bonds. The predicted octanol–water partition coefficient (Wildman–Crippen LogP) is 2.14. The molecule has 2 atom stereocenters. The van der Waals surface area contributed by atoms with Crippen molar-refractivity contribution in [3.63, 3.8) is 0 Å². The van der Waals surface area contributed by atoms with Gasteiger partial charge in [0.2, 0.25) is 0 Å². The smallest absolute Gasteiger partial charge is 0.320 e. The van der Waals surface area contributed by atoms with Crippen molar-refractivity contribution in [3.05, 3.63) is 12.3 Å². The van der Waals surface area contributed by atoms with Crippen LogP contribution in [0.25, 0.3) is 0 Å². The number of anilines is 1.